The summed E-state index contributed by atoms with van der Waals surface area (Å²) in [5, 5.41) is 2.83. The first-order chi connectivity index (χ1) is 12.6. The fraction of sp³-hybridized carbons (Fsp3) is 0.0476. The molecule has 0 aliphatic heterocycles. The van der Waals surface area contributed by atoms with Crippen LogP contribution >= 0.6 is 0 Å². The molecule has 5 heteroatoms. The minimum absolute atomic E-state index is 0.0109. The molecule has 3 aromatic carbocycles. The summed E-state index contributed by atoms with van der Waals surface area (Å²) in [4.78, 5) is 33.0. The quantitative estimate of drug-likeness (QED) is 0.447. The number of aromatic nitrogens is 2. The average Bonchev–Trinajstić information content (AvgIpc) is 2.66. The van der Waals surface area contributed by atoms with Gasteiger partial charge in [-0.25, -0.2) is 9.97 Å². The molecular formula is C21H15N3O2. The third-order valence-corrected chi connectivity index (χ3v) is 4.15. The van der Waals surface area contributed by atoms with E-state index in [0.717, 1.165) is 16.6 Å². The number of fused-ring (bicyclic) bond motifs is 2. The average molecular weight is 341 g/mol. The van der Waals surface area contributed by atoms with Crippen molar-refractivity contribution in [1.29, 1.82) is 0 Å². The van der Waals surface area contributed by atoms with Crippen molar-refractivity contribution in [2.24, 2.45) is 0 Å². The fourth-order valence-electron chi connectivity index (χ4n) is 2.75. The molecule has 126 valence electrons. The van der Waals surface area contributed by atoms with Crippen LogP contribution in [-0.2, 0) is 0 Å². The molecule has 0 unspecified atom stereocenters. The molecule has 0 radical (unpaired) electrons. The maximum absolute atomic E-state index is 12.5. The number of nitrogens with zero attached hydrogens (tertiary/aromatic N) is 2. The van der Waals surface area contributed by atoms with Gasteiger partial charge in [-0.15, -0.1) is 0 Å². The number of anilines is 1. The zero-order chi connectivity index (χ0) is 18.1. The molecule has 0 aliphatic carbocycles. The highest BCUT2D eigenvalue weighted by Crippen LogP contribution is 2.18. The van der Waals surface area contributed by atoms with Crippen LogP contribution in [0.15, 0.2) is 66.7 Å². The minimum Gasteiger partial charge on any atom is -0.322 e. The molecule has 1 amide bonds. The highest BCUT2D eigenvalue weighted by atomic mass is 16.1. The van der Waals surface area contributed by atoms with E-state index in [-0.39, 0.29) is 11.7 Å². The summed E-state index contributed by atoms with van der Waals surface area (Å²) in [5.74, 6) is -0.249. The van der Waals surface area contributed by atoms with E-state index in [4.69, 9.17) is 0 Å². The summed E-state index contributed by atoms with van der Waals surface area (Å²) >= 11 is 0. The molecule has 0 saturated heterocycles. The van der Waals surface area contributed by atoms with Gasteiger partial charge in [-0.1, -0.05) is 12.1 Å². The second-order valence-electron chi connectivity index (χ2n) is 6.00. The van der Waals surface area contributed by atoms with E-state index >= 15 is 0 Å². The van der Waals surface area contributed by atoms with Crippen LogP contribution in [0, 0.1) is 0 Å². The van der Waals surface area contributed by atoms with E-state index in [0.29, 0.717) is 22.3 Å². The number of benzene rings is 3. The molecule has 0 aliphatic rings. The number of nitrogens with one attached hydrogen (secondary N) is 1. The topological polar surface area (TPSA) is 72.0 Å². The normalized spacial score (nSPS) is 10.8. The number of hydrogen-bond donors (Lipinski definition) is 1. The van der Waals surface area contributed by atoms with Crippen molar-refractivity contribution in [3.63, 3.8) is 0 Å². The van der Waals surface area contributed by atoms with E-state index in [9.17, 15) is 9.59 Å². The van der Waals surface area contributed by atoms with Gasteiger partial charge in [0.15, 0.2) is 5.78 Å². The van der Waals surface area contributed by atoms with Gasteiger partial charge >= 0.3 is 0 Å². The molecule has 0 spiro atoms. The van der Waals surface area contributed by atoms with Crippen molar-refractivity contribution in [3.8, 4) is 0 Å². The van der Waals surface area contributed by atoms with Crippen LogP contribution in [0.1, 0.15) is 27.6 Å². The predicted octanol–water partition coefficient (Wildman–Crippen LogP) is 4.24. The summed E-state index contributed by atoms with van der Waals surface area (Å²) < 4.78 is 0. The lowest BCUT2D eigenvalue weighted by molar-refractivity contribution is 0.101. The third-order valence-electron chi connectivity index (χ3n) is 4.15. The zero-order valence-electron chi connectivity index (χ0n) is 14.1. The molecule has 4 rings (SSSR count). The standard InChI is InChI=1S/C21H15N3O2/c1-13(25)14-6-9-16(10-7-14)22-21(26)15-8-11-19-20(12-15)24-18-5-3-2-4-17(18)23-19/h2-12H,1H3,(H,22,26). The van der Waals surface area contributed by atoms with Gasteiger partial charge < -0.3 is 5.32 Å². The van der Waals surface area contributed by atoms with Crippen LogP contribution in [-0.4, -0.2) is 21.7 Å². The van der Waals surface area contributed by atoms with Crippen molar-refractivity contribution < 1.29 is 9.59 Å². The van der Waals surface area contributed by atoms with Gasteiger partial charge in [0, 0.05) is 16.8 Å². The molecule has 4 aromatic rings. The van der Waals surface area contributed by atoms with Gasteiger partial charge in [0.1, 0.15) is 0 Å². The highest BCUT2D eigenvalue weighted by Gasteiger charge is 2.09. The Morgan fingerprint density at radius 2 is 1.31 bits per heavy atom. The minimum atomic E-state index is -0.238. The Hall–Kier alpha value is -3.60. The number of amides is 1. The summed E-state index contributed by atoms with van der Waals surface area (Å²) in [5.41, 5.74) is 4.76. The molecule has 0 atom stereocenters. The summed E-state index contributed by atoms with van der Waals surface area (Å²) in [6.45, 7) is 1.51. The van der Waals surface area contributed by atoms with Crippen LogP contribution in [0.25, 0.3) is 22.1 Å². The van der Waals surface area contributed by atoms with Crippen LogP contribution in [0.3, 0.4) is 0 Å². The number of rotatable bonds is 3. The van der Waals surface area contributed by atoms with Gasteiger partial charge in [-0.05, 0) is 61.5 Å². The fourth-order valence-corrected chi connectivity index (χ4v) is 2.75. The van der Waals surface area contributed by atoms with Crippen molar-refractivity contribution in [2.75, 3.05) is 5.32 Å². The van der Waals surface area contributed by atoms with E-state index in [1.54, 1.807) is 42.5 Å². The molecule has 5 nitrogen and oxygen atoms in total. The van der Waals surface area contributed by atoms with Gasteiger partial charge in [-0.2, -0.15) is 0 Å². The van der Waals surface area contributed by atoms with Crippen molar-refractivity contribution in [3.05, 3.63) is 77.9 Å². The SMILES string of the molecule is CC(=O)c1ccc(NC(=O)c2ccc3nc4ccccc4nc3c2)cc1. The van der Waals surface area contributed by atoms with Gasteiger partial charge in [0.25, 0.3) is 5.91 Å². The largest absolute Gasteiger partial charge is 0.322 e. The first-order valence-electron chi connectivity index (χ1n) is 8.19. The van der Waals surface area contributed by atoms with Gasteiger partial charge in [-0.3, -0.25) is 9.59 Å². The Labute approximate surface area is 149 Å². The monoisotopic (exact) mass is 341 g/mol. The Morgan fingerprint density at radius 1 is 0.731 bits per heavy atom. The van der Waals surface area contributed by atoms with Crippen LogP contribution in [0.2, 0.25) is 0 Å². The first kappa shape index (κ1) is 15.9. The molecule has 0 bridgehead atoms. The Balaban J connectivity index is 1.63. The number of carbonyl (C=O) groups is 2. The van der Waals surface area contributed by atoms with Crippen molar-refractivity contribution >= 4 is 39.4 Å². The zero-order valence-corrected chi connectivity index (χ0v) is 14.1. The predicted molar refractivity (Wildman–Crippen MR) is 101 cm³/mol. The highest BCUT2D eigenvalue weighted by molar-refractivity contribution is 6.06. The Bertz CT molecular complexity index is 1150. The lowest BCUT2D eigenvalue weighted by atomic mass is 10.1. The van der Waals surface area contributed by atoms with E-state index in [1.807, 2.05) is 24.3 Å². The first-order valence-corrected chi connectivity index (χ1v) is 8.19. The number of carbonyl (C=O) groups excluding carboxylic acids is 2. The summed E-state index contributed by atoms with van der Waals surface area (Å²) in [7, 11) is 0. The number of para-hydroxylation sites is 2. The van der Waals surface area contributed by atoms with E-state index in [2.05, 4.69) is 15.3 Å². The molecule has 1 heterocycles. The molecule has 1 aromatic heterocycles. The second-order valence-corrected chi connectivity index (χ2v) is 6.00. The third kappa shape index (κ3) is 3.02. The maximum Gasteiger partial charge on any atom is 0.255 e. The summed E-state index contributed by atoms with van der Waals surface area (Å²) in [6, 6.07) is 19.7. The Kier molecular flexibility index (Phi) is 3.89. The van der Waals surface area contributed by atoms with Crippen LogP contribution < -0.4 is 5.32 Å². The molecular weight excluding hydrogens is 326 g/mol. The molecule has 1 N–H and O–H groups in total. The number of hydrogen-bond acceptors (Lipinski definition) is 4. The van der Waals surface area contributed by atoms with Crippen LogP contribution in [0.5, 0.6) is 0 Å². The molecule has 0 fully saturated rings. The number of ketones is 1. The van der Waals surface area contributed by atoms with Gasteiger partial charge in [0.2, 0.25) is 0 Å². The summed E-state index contributed by atoms with van der Waals surface area (Å²) in [6.07, 6.45) is 0. The van der Waals surface area contributed by atoms with Gasteiger partial charge in [0.05, 0.1) is 22.1 Å². The smallest absolute Gasteiger partial charge is 0.255 e. The number of Topliss-reactive ketones (excluding diaryl/α,β-unsaturated/α-hetero) is 1. The lowest BCUT2D eigenvalue weighted by Crippen LogP contribution is -2.12. The lowest BCUT2D eigenvalue weighted by Gasteiger charge is -2.07. The van der Waals surface area contributed by atoms with Crippen molar-refractivity contribution in [1.82, 2.24) is 9.97 Å². The van der Waals surface area contributed by atoms with Crippen LogP contribution in [0.4, 0.5) is 5.69 Å². The molecule has 0 saturated carbocycles. The molecule has 26 heavy (non-hydrogen) atoms. The van der Waals surface area contributed by atoms with E-state index < -0.39 is 0 Å². The Morgan fingerprint density at radius 3 is 1.96 bits per heavy atom. The van der Waals surface area contributed by atoms with E-state index in [1.165, 1.54) is 6.92 Å². The van der Waals surface area contributed by atoms with Crippen molar-refractivity contribution in [2.45, 2.75) is 6.92 Å². The second kappa shape index (κ2) is 6.37. The maximum atomic E-state index is 12.5.